The van der Waals surface area contributed by atoms with Crippen LogP contribution < -0.4 is 5.32 Å². The van der Waals surface area contributed by atoms with Gasteiger partial charge in [-0.3, -0.25) is 0 Å². The molecule has 1 aliphatic heterocycles. The van der Waals surface area contributed by atoms with Gasteiger partial charge in [0.1, 0.15) is 11.4 Å². The normalized spacial score (nSPS) is 26.1. The number of amides is 1. The summed E-state index contributed by atoms with van der Waals surface area (Å²) < 4.78 is 6.37. The van der Waals surface area contributed by atoms with Crippen LogP contribution in [0.3, 0.4) is 0 Å². The van der Waals surface area contributed by atoms with Gasteiger partial charge in [-0.15, -0.1) is 0 Å². The summed E-state index contributed by atoms with van der Waals surface area (Å²) in [5.41, 5.74) is 0.438. The van der Waals surface area contributed by atoms with E-state index in [-0.39, 0.29) is 6.09 Å². The molecule has 1 saturated carbocycles. The third kappa shape index (κ3) is 3.80. The van der Waals surface area contributed by atoms with Crippen molar-refractivity contribution in [2.24, 2.45) is 11.8 Å². The SMILES string of the molecule is CC(C)(C)OC(=O)N1CC2C(C1)C2NCc1cc(Br)ccc1O. The van der Waals surface area contributed by atoms with Crippen LogP contribution in [0.4, 0.5) is 4.79 Å². The Balaban J connectivity index is 1.47. The number of nitrogens with one attached hydrogen (secondary N) is 1. The molecule has 0 spiro atoms. The van der Waals surface area contributed by atoms with Crippen LogP contribution >= 0.6 is 15.9 Å². The van der Waals surface area contributed by atoms with Gasteiger partial charge in [0.2, 0.25) is 0 Å². The molecule has 5 nitrogen and oxygen atoms in total. The Labute approximate surface area is 145 Å². The number of likely N-dealkylation sites (tertiary alicyclic amines) is 1. The minimum absolute atomic E-state index is 0.215. The zero-order chi connectivity index (χ0) is 16.8. The molecule has 1 amide bonds. The van der Waals surface area contributed by atoms with E-state index in [0.29, 0.717) is 30.2 Å². The number of ether oxygens (including phenoxy) is 1. The molecule has 1 aliphatic carbocycles. The van der Waals surface area contributed by atoms with Crippen molar-refractivity contribution in [3.05, 3.63) is 28.2 Å². The van der Waals surface area contributed by atoms with Crippen LogP contribution in [0, 0.1) is 11.8 Å². The first-order chi connectivity index (χ1) is 10.7. The average molecular weight is 383 g/mol. The van der Waals surface area contributed by atoms with E-state index < -0.39 is 5.60 Å². The first kappa shape index (κ1) is 16.6. The number of phenols is 1. The minimum Gasteiger partial charge on any atom is -0.508 e. The van der Waals surface area contributed by atoms with Crippen LogP contribution in [-0.2, 0) is 11.3 Å². The Kier molecular flexibility index (Phi) is 4.31. The number of aromatic hydroxyl groups is 1. The van der Waals surface area contributed by atoms with Gasteiger partial charge in [0.05, 0.1) is 0 Å². The molecule has 1 aromatic carbocycles. The molecule has 0 bridgehead atoms. The van der Waals surface area contributed by atoms with Gasteiger partial charge < -0.3 is 20.1 Å². The third-order valence-corrected chi connectivity index (χ3v) is 4.91. The lowest BCUT2D eigenvalue weighted by atomic mass is 10.2. The quantitative estimate of drug-likeness (QED) is 0.842. The fourth-order valence-electron chi connectivity index (χ4n) is 3.23. The second kappa shape index (κ2) is 5.98. The smallest absolute Gasteiger partial charge is 0.410 e. The summed E-state index contributed by atoms with van der Waals surface area (Å²) in [6.07, 6.45) is -0.215. The number of hydrogen-bond donors (Lipinski definition) is 2. The van der Waals surface area contributed by atoms with Gasteiger partial charge in [-0.1, -0.05) is 15.9 Å². The second-order valence-electron chi connectivity index (χ2n) is 7.39. The molecule has 1 heterocycles. The number of halogens is 1. The van der Waals surface area contributed by atoms with Crippen molar-refractivity contribution in [1.82, 2.24) is 10.2 Å². The second-order valence-corrected chi connectivity index (χ2v) is 8.31. The lowest BCUT2D eigenvalue weighted by molar-refractivity contribution is 0.0269. The number of piperidine rings is 1. The zero-order valence-electron chi connectivity index (χ0n) is 13.7. The van der Waals surface area contributed by atoms with Crippen molar-refractivity contribution >= 4 is 22.0 Å². The van der Waals surface area contributed by atoms with Crippen molar-refractivity contribution in [2.45, 2.75) is 39.0 Å². The van der Waals surface area contributed by atoms with Crippen LogP contribution in [-0.4, -0.2) is 40.8 Å². The molecule has 6 heteroatoms. The molecule has 2 aliphatic rings. The fraction of sp³-hybridized carbons (Fsp3) is 0.588. The molecular weight excluding hydrogens is 360 g/mol. The molecule has 1 aromatic rings. The molecule has 2 atom stereocenters. The summed E-state index contributed by atoms with van der Waals surface area (Å²) in [7, 11) is 0. The molecule has 2 N–H and O–H groups in total. The fourth-order valence-corrected chi connectivity index (χ4v) is 3.64. The van der Waals surface area contributed by atoms with Gasteiger partial charge in [0.15, 0.2) is 0 Å². The standard InChI is InChI=1S/C17H23BrN2O3/c1-17(2,3)23-16(22)20-8-12-13(9-20)15(12)19-7-10-6-11(18)4-5-14(10)21/h4-6,12-13,15,19,21H,7-9H2,1-3H3. The van der Waals surface area contributed by atoms with Gasteiger partial charge >= 0.3 is 6.09 Å². The van der Waals surface area contributed by atoms with Crippen LogP contribution in [0.1, 0.15) is 26.3 Å². The van der Waals surface area contributed by atoms with Gasteiger partial charge in [-0.2, -0.15) is 0 Å². The monoisotopic (exact) mass is 382 g/mol. The summed E-state index contributed by atoms with van der Waals surface area (Å²) in [5.74, 6) is 1.30. The highest BCUT2D eigenvalue weighted by Gasteiger charge is 2.56. The van der Waals surface area contributed by atoms with Crippen LogP contribution in [0.2, 0.25) is 0 Å². The van der Waals surface area contributed by atoms with E-state index in [1.54, 1.807) is 11.0 Å². The number of fused-ring (bicyclic) bond motifs is 1. The Hall–Kier alpha value is -1.27. The Bertz CT molecular complexity index is 602. The molecule has 23 heavy (non-hydrogen) atoms. The number of nitrogens with zero attached hydrogens (tertiary/aromatic N) is 1. The summed E-state index contributed by atoms with van der Waals surface area (Å²) >= 11 is 3.42. The molecule has 0 radical (unpaired) electrons. The number of carbonyl (C=O) groups excluding carboxylic acids is 1. The van der Waals surface area contributed by atoms with E-state index >= 15 is 0 Å². The molecular formula is C17H23BrN2O3. The molecule has 126 valence electrons. The van der Waals surface area contributed by atoms with Crippen molar-refractivity contribution in [2.75, 3.05) is 13.1 Å². The van der Waals surface area contributed by atoms with E-state index in [1.807, 2.05) is 32.9 Å². The minimum atomic E-state index is -0.445. The molecule has 0 aromatic heterocycles. The highest BCUT2D eigenvalue weighted by atomic mass is 79.9. The van der Waals surface area contributed by atoms with Crippen molar-refractivity contribution in [3.8, 4) is 5.75 Å². The molecule has 2 fully saturated rings. The van der Waals surface area contributed by atoms with Gasteiger partial charge in [0, 0.05) is 35.7 Å². The topological polar surface area (TPSA) is 61.8 Å². The van der Waals surface area contributed by atoms with Crippen molar-refractivity contribution < 1.29 is 14.6 Å². The van der Waals surface area contributed by atoms with Crippen LogP contribution in [0.5, 0.6) is 5.75 Å². The van der Waals surface area contributed by atoms with E-state index in [2.05, 4.69) is 21.2 Å². The molecule has 1 saturated heterocycles. The zero-order valence-corrected chi connectivity index (χ0v) is 15.3. The Morgan fingerprint density at radius 1 is 1.39 bits per heavy atom. The largest absolute Gasteiger partial charge is 0.508 e. The molecule has 3 rings (SSSR count). The predicted octanol–water partition coefficient (Wildman–Crippen LogP) is 3.11. The highest BCUT2D eigenvalue weighted by molar-refractivity contribution is 9.10. The van der Waals surface area contributed by atoms with Gasteiger partial charge in [0.25, 0.3) is 0 Å². The number of phenolic OH excluding ortho intramolecular Hbond substituents is 1. The summed E-state index contributed by atoms with van der Waals surface area (Å²) in [6, 6.07) is 5.86. The molecule has 2 unspecified atom stereocenters. The van der Waals surface area contributed by atoms with E-state index in [4.69, 9.17) is 4.74 Å². The van der Waals surface area contributed by atoms with Crippen molar-refractivity contribution in [3.63, 3.8) is 0 Å². The summed E-state index contributed by atoms with van der Waals surface area (Å²) in [5, 5.41) is 13.4. The number of benzene rings is 1. The lowest BCUT2D eigenvalue weighted by Gasteiger charge is -2.26. The van der Waals surface area contributed by atoms with Crippen LogP contribution in [0.15, 0.2) is 22.7 Å². The summed E-state index contributed by atoms with van der Waals surface area (Å²) in [6.45, 7) is 7.79. The number of hydrogen-bond acceptors (Lipinski definition) is 4. The number of carbonyl (C=O) groups is 1. The maximum Gasteiger partial charge on any atom is 0.410 e. The number of rotatable bonds is 3. The van der Waals surface area contributed by atoms with Gasteiger partial charge in [-0.25, -0.2) is 4.79 Å². The first-order valence-corrected chi connectivity index (χ1v) is 8.72. The Morgan fingerprint density at radius 2 is 2.04 bits per heavy atom. The van der Waals surface area contributed by atoms with E-state index in [9.17, 15) is 9.90 Å². The highest BCUT2D eigenvalue weighted by Crippen LogP contribution is 2.46. The van der Waals surface area contributed by atoms with E-state index in [0.717, 1.165) is 23.1 Å². The first-order valence-electron chi connectivity index (χ1n) is 7.93. The van der Waals surface area contributed by atoms with Crippen molar-refractivity contribution in [1.29, 1.82) is 0 Å². The van der Waals surface area contributed by atoms with Crippen LogP contribution in [0.25, 0.3) is 0 Å². The maximum atomic E-state index is 12.0. The Morgan fingerprint density at radius 3 is 2.65 bits per heavy atom. The third-order valence-electron chi connectivity index (χ3n) is 4.42. The summed E-state index contributed by atoms with van der Waals surface area (Å²) in [4.78, 5) is 13.8. The predicted molar refractivity (Wildman–Crippen MR) is 91.2 cm³/mol. The maximum absolute atomic E-state index is 12.0. The average Bonchev–Trinajstić information content (AvgIpc) is 2.89. The van der Waals surface area contributed by atoms with Gasteiger partial charge in [-0.05, 0) is 50.8 Å². The lowest BCUT2D eigenvalue weighted by Crippen LogP contribution is -2.39. The van der Waals surface area contributed by atoms with E-state index in [1.165, 1.54) is 0 Å².